The first kappa shape index (κ1) is 13.2. The number of carbonyl (C=O) groups excluding carboxylic acids is 2. The molecule has 1 N–H and O–H groups in total. The molecule has 0 radical (unpaired) electrons. The monoisotopic (exact) mass is 234 g/mol. The fraction of sp³-hybridized carbons (Fsp3) is 0.385. The van der Waals surface area contributed by atoms with Gasteiger partial charge in [-0.3, -0.25) is 4.79 Å². The highest BCUT2D eigenvalue weighted by Gasteiger charge is 2.17. The molecular weight excluding hydrogens is 218 g/mol. The molecule has 0 aliphatic heterocycles. The first-order chi connectivity index (χ1) is 8.00. The molecule has 17 heavy (non-hydrogen) atoms. The van der Waals surface area contributed by atoms with Crippen molar-refractivity contribution in [1.29, 1.82) is 0 Å². The average molecular weight is 234 g/mol. The van der Waals surface area contributed by atoms with Crippen LogP contribution in [0.15, 0.2) is 30.3 Å². The lowest BCUT2D eigenvalue weighted by atomic mass is 10.0. The fourth-order valence-corrected chi connectivity index (χ4v) is 1.50. The zero-order valence-electron chi connectivity index (χ0n) is 9.97. The van der Waals surface area contributed by atoms with Gasteiger partial charge >= 0.3 is 0 Å². The van der Waals surface area contributed by atoms with E-state index in [1.54, 1.807) is 13.8 Å². The minimum absolute atomic E-state index is 0.178. The minimum atomic E-state index is -1.25. The number of amides is 1. The molecule has 0 heterocycles. The second-order valence-electron chi connectivity index (χ2n) is 4.27. The van der Waals surface area contributed by atoms with Gasteiger partial charge in [0.1, 0.15) is 0 Å². The highest BCUT2D eigenvalue weighted by molar-refractivity contribution is 5.84. The van der Waals surface area contributed by atoms with Crippen LogP contribution < -0.4 is 10.4 Å². The standard InChI is InChI=1S/C13H17NO3/c1-9(2)12(13(16)17)14-11(15)8-10-6-4-3-5-7-10/h3-7,9,12H,8H2,1-2H3,(H,14,15)(H,16,17)/p-1. The Kier molecular flexibility index (Phi) is 4.69. The summed E-state index contributed by atoms with van der Waals surface area (Å²) in [6.45, 7) is 3.45. The number of benzene rings is 1. The minimum Gasteiger partial charge on any atom is -0.548 e. The number of carbonyl (C=O) groups is 2. The normalized spacial score (nSPS) is 12.2. The first-order valence-electron chi connectivity index (χ1n) is 5.55. The van der Waals surface area contributed by atoms with Gasteiger partial charge in [0.25, 0.3) is 0 Å². The van der Waals surface area contributed by atoms with Crippen LogP contribution in [0.25, 0.3) is 0 Å². The van der Waals surface area contributed by atoms with Crippen molar-refractivity contribution in [3.05, 3.63) is 35.9 Å². The van der Waals surface area contributed by atoms with Gasteiger partial charge in [0.2, 0.25) is 5.91 Å². The van der Waals surface area contributed by atoms with Crippen molar-refractivity contribution >= 4 is 11.9 Å². The molecule has 0 aliphatic carbocycles. The van der Waals surface area contributed by atoms with E-state index in [-0.39, 0.29) is 18.2 Å². The van der Waals surface area contributed by atoms with Crippen LogP contribution in [0.4, 0.5) is 0 Å². The fourth-order valence-electron chi connectivity index (χ4n) is 1.50. The van der Waals surface area contributed by atoms with Crippen molar-refractivity contribution in [3.63, 3.8) is 0 Å². The lowest BCUT2D eigenvalue weighted by Gasteiger charge is -2.23. The number of nitrogens with one attached hydrogen (secondary N) is 1. The zero-order chi connectivity index (χ0) is 12.8. The maximum atomic E-state index is 11.6. The topological polar surface area (TPSA) is 69.2 Å². The number of rotatable bonds is 5. The third kappa shape index (κ3) is 4.26. The van der Waals surface area contributed by atoms with Gasteiger partial charge in [-0.15, -0.1) is 0 Å². The Balaban J connectivity index is 2.57. The van der Waals surface area contributed by atoms with Gasteiger partial charge in [-0.25, -0.2) is 0 Å². The van der Waals surface area contributed by atoms with E-state index in [1.165, 1.54) is 0 Å². The van der Waals surface area contributed by atoms with Crippen LogP contribution in [0.2, 0.25) is 0 Å². The summed E-state index contributed by atoms with van der Waals surface area (Å²) in [5.41, 5.74) is 0.853. The predicted molar refractivity (Wildman–Crippen MR) is 61.9 cm³/mol. The Morgan fingerprint density at radius 3 is 2.29 bits per heavy atom. The van der Waals surface area contributed by atoms with E-state index in [9.17, 15) is 14.7 Å². The third-order valence-electron chi connectivity index (χ3n) is 2.44. The predicted octanol–water partition coefficient (Wildman–Crippen LogP) is 0.120. The Labute approximate surface area is 101 Å². The van der Waals surface area contributed by atoms with Crippen LogP contribution in [0.3, 0.4) is 0 Å². The molecule has 1 rings (SSSR count). The first-order valence-corrected chi connectivity index (χ1v) is 5.55. The third-order valence-corrected chi connectivity index (χ3v) is 2.44. The largest absolute Gasteiger partial charge is 0.548 e. The molecule has 0 bridgehead atoms. The quantitative estimate of drug-likeness (QED) is 0.786. The molecule has 0 spiro atoms. The molecule has 1 atom stereocenters. The molecule has 1 aromatic rings. The van der Waals surface area contributed by atoms with Crippen molar-refractivity contribution < 1.29 is 14.7 Å². The van der Waals surface area contributed by atoms with Crippen molar-refractivity contribution in [1.82, 2.24) is 5.32 Å². The Morgan fingerprint density at radius 1 is 1.24 bits per heavy atom. The number of aliphatic carboxylic acids is 1. The molecule has 0 saturated heterocycles. The number of carboxylic acids is 1. The van der Waals surface area contributed by atoms with Crippen LogP contribution in [-0.2, 0) is 16.0 Å². The van der Waals surface area contributed by atoms with E-state index < -0.39 is 12.0 Å². The summed E-state index contributed by atoms with van der Waals surface area (Å²) in [4.78, 5) is 22.4. The van der Waals surface area contributed by atoms with Gasteiger partial charge < -0.3 is 15.2 Å². The molecule has 92 valence electrons. The summed E-state index contributed by atoms with van der Waals surface area (Å²) in [5, 5.41) is 13.3. The van der Waals surface area contributed by atoms with Crippen molar-refractivity contribution in [3.8, 4) is 0 Å². The lowest BCUT2D eigenvalue weighted by Crippen LogP contribution is -2.51. The van der Waals surface area contributed by atoms with E-state index in [4.69, 9.17) is 0 Å². The summed E-state index contributed by atoms with van der Waals surface area (Å²) in [6, 6.07) is 8.24. The van der Waals surface area contributed by atoms with Gasteiger partial charge in [-0.05, 0) is 11.5 Å². The van der Waals surface area contributed by atoms with Gasteiger partial charge in [0.15, 0.2) is 0 Å². The van der Waals surface area contributed by atoms with Crippen LogP contribution in [0.5, 0.6) is 0 Å². The summed E-state index contributed by atoms with van der Waals surface area (Å²) in [6.07, 6.45) is 0.178. The summed E-state index contributed by atoms with van der Waals surface area (Å²) in [5.74, 6) is -1.75. The summed E-state index contributed by atoms with van der Waals surface area (Å²) in [7, 11) is 0. The number of hydrogen-bond donors (Lipinski definition) is 1. The molecule has 1 aromatic carbocycles. The molecular formula is C13H16NO3-. The van der Waals surface area contributed by atoms with Crippen molar-refractivity contribution in [2.24, 2.45) is 5.92 Å². The molecule has 4 heteroatoms. The van der Waals surface area contributed by atoms with Gasteiger partial charge in [0.05, 0.1) is 18.4 Å². The molecule has 4 nitrogen and oxygen atoms in total. The molecule has 0 aromatic heterocycles. The van der Waals surface area contributed by atoms with Crippen LogP contribution in [0.1, 0.15) is 19.4 Å². The maximum Gasteiger partial charge on any atom is 0.224 e. The highest BCUT2D eigenvalue weighted by Crippen LogP contribution is 2.03. The molecule has 0 saturated carbocycles. The second kappa shape index (κ2) is 6.03. The van der Waals surface area contributed by atoms with E-state index in [1.807, 2.05) is 30.3 Å². The van der Waals surface area contributed by atoms with E-state index in [0.29, 0.717) is 0 Å². The van der Waals surface area contributed by atoms with Crippen LogP contribution in [-0.4, -0.2) is 17.9 Å². The zero-order valence-corrected chi connectivity index (χ0v) is 9.97. The van der Waals surface area contributed by atoms with Crippen molar-refractivity contribution in [2.45, 2.75) is 26.3 Å². The average Bonchev–Trinajstić information content (AvgIpc) is 2.26. The number of carboxylic acid groups (broad SMARTS) is 1. The molecule has 1 unspecified atom stereocenters. The Hall–Kier alpha value is -1.84. The van der Waals surface area contributed by atoms with Gasteiger partial charge in [0, 0.05) is 0 Å². The lowest BCUT2D eigenvalue weighted by molar-refractivity contribution is -0.309. The van der Waals surface area contributed by atoms with Gasteiger partial charge in [-0.1, -0.05) is 44.2 Å². The summed E-state index contributed by atoms with van der Waals surface area (Å²) < 4.78 is 0. The highest BCUT2D eigenvalue weighted by atomic mass is 16.4. The maximum absolute atomic E-state index is 11.6. The number of hydrogen-bond acceptors (Lipinski definition) is 3. The smallest absolute Gasteiger partial charge is 0.224 e. The van der Waals surface area contributed by atoms with Gasteiger partial charge in [-0.2, -0.15) is 0 Å². The van der Waals surface area contributed by atoms with Crippen molar-refractivity contribution in [2.75, 3.05) is 0 Å². The SMILES string of the molecule is CC(C)C(NC(=O)Cc1ccccc1)C(=O)[O-]. The molecule has 1 amide bonds. The molecule has 0 aliphatic rings. The van der Waals surface area contributed by atoms with Crippen LogP contribution in [0, 0.1) is 5.92 Å². The van der Waals surface area contributed by atoms with E-state index in [2.05, 4.69) is 5.32 Å². The Morgan fingerprint density at radius 2 is 1.82 bits per heavy atom. The Bertz CT molecular complexity index is 387. The molecule has 0 fully saturated rings. The van der Waals surface area contributed by atoms with E-state index >= 15 is 0 Å². The van der Waals surface area contributed by atoms with E-state index in [0.717, 1.165) is 5.56 Å². The summed E-state index contributed by atoms with van der Waals surface area (Å²) >= 11 is 0. The van der Waals surface area contributed by atoms with Crippen LogP contribution >= 0.6 is 0 Å². The second-order valence-corrected chi connectivity index (χ2v) is 4.27.